The number of ether oxygens (including phenoxy) is 1. The van der Waals surface area contributed by atoms with Crippen LogP contribution >= 0.6 is 0 Å². The topological polar surface area (TPSA) is 99.0 Å². The lowest BCUT2D eigenvalue weighted by Gasteiger charge is -2.07. The normalized spacial score (nSPS) is 10.6. The van der Waals surface area contributed by atoms with Crippen LogP contribution < -0.4 is 5.32 Å². The van der Waals surface area contributed by atoms with E-state index in [1.807, 2.05) is 38.1 Å². The van der Waals surface area contributed by atoms with E-state index < -0.39 is 0 Å². The maximum absolute atomic E-state index is 12.3. The summed E-state index contributed by atoms with van der Waals surface area (Å²) in [5.41, 5.74) is 2.92. The zero-order chi connectivity index (χ0) is 20.6. The Bertz CT molecular complexity index is 982. The Balaban J connectivity index is 1.56. The van der Waals surface area contributed by atoms with Crippen LogP contribution in [0.25, 0.3) is 11.4 Å². The minimum atomic E-state index is -0.369. The Labute approximate surface area is 168 Å². The molecule has 2 aromatic carbocycles. The fourth-order valence-electron chi connectivity index (χ4n) is 2.65. The molecule has 0 unspecified atom stereocenters. The average molecular weight is 393 g/mol. The predicted molar refractivity (Wildman–Crippen MR) is 108 cm³/mol. The van der Waals surface area contributed by atoms with E-state index in [9.17, 15) is 9.59 Å². The van der Waals surface area contributed by atoms with Gasteiger partial charge in [0, 0.05) is 11.3 Å². The number of esters is 1. The van der Waals surface area contributed by atoms with Gasteiger partial charge < -0.3 is 10.1 Å². The van der Waals surface area contributed by atoms with Crippen LogP contribution in [-0.2, 0) is 16.1 Å². The first-order valence-electron chi connectivity index (χ1n) is 9.47. The van der Waals surface area contributed by atoms with Gasteiger partial charge in [-0.15, -0.1) is 10.2 Å². The van der Waals surface area contributed by atoms with Crippen LogP contribution in [0.2, 0.25) is 0 Å². The molecule has 0 spiro atoms. The summed E-state index contributed by atoms with van der Waals surface area (Å²) >= 11 is 0. The monoisotopic (exact) mass is 393 g/mol. The van der Waals surface area contributed by atoms with Gasteiger partial charge in [-0.05, 0) is 48.4 Å². The number of amides is 1. The molecule has 8 nitrogen and oxygen atoms in total. The number of anilines is 1. The molecule has 1 heterocycles. The number of rotatable bonds is 8. The number of nitrogens with one attached hydrogen (secondary N) is 1. The number of carbonyl (C=O) groups is 2. The Hall–Kier alpha value is -3.55. The molecule has 0 saturated carbocycles. The fraction of sp³-hybridized carbons (Fsp3) is 0.286. The second-order valence-electron chi connectivity index (χ2n) is 6.57. The molecule has 0 bridgehead atoms. The van der Waals surface area contributed by atoms with Crippen LogP contribution in [0.1, 0.15) is 35.7 Å². The second kappa shape index (κ2) is 9.59. The Morgan fingerprint density at radius 3 is 2.59 bits per heavy atom. The summed E-state index contributed by atoms with van der Waals surface area (Å²) in [5, 5.41) is 15.0. The molecule has 0 aliphatic heterocycles. The highest BCUT2D eigenvalue weighted by Gasteiger charge is 2.12. The third-order valence-corrected chi connectivity index (χ3v) is 4.26. The molecule has 150 valence electrons. The molecule has 0 saturated heterocycles. The minimum absolute atomic E-state index is 0.0697. The maximum Gasteiger partial charge on any atom is 0.338 e. The molecule has 1 amide bonds. The van der Waals surface area contributed by atoms with Crippen molar-refractivity contribution in [2.45, 2.75) is 33.2 Å². The van der Waals surface area contributed by atoms with Gasteiger partial charge in [-0.25, -0.2) is 4.79 Å². The molecular weight excluding hydrogens is 370 g/mol. The highest BCUT2D eigenvalue weighted by molar-refractivity contribution is 5.92. The van der Waals surface area contributed by atoms with Crippen molar-refractivity contribution in [3.8, 4) is 11.4 Å². The van der Waals surface area contributed by atoms with Gasteiger partial charge in [-0.3, -0.25) is 4.79 Å². The first kappa shape index (κ1) is 20.2. The van der Waals surface area contributed by atoms with E-state index in [4.69, 9.17) is 4.74 Å². The molecule has 0 atom stereocenters. The number of carbonyl (C=O) groups excluding carboxylic acids is 2. The summed E-state index contributed by atoms with van der Waals surface area (Å²) < 4.78 is 5.16. The molecular formula is C21H23N5O3. The molecule has 3 aromatic rings. The average Bonchev–Trinajstić information content (AvgIpc) is 3.17. The van der Waals surface area contributed by atoms with Crippen LogP contribution in [0, 0.1) is 6.92 Å². The number of tetrazole rings is 1. The summed E-state index contributed by atoms with van der Waals surface area (Å²) in [6.07, 6.45) is 1.80. The zero-order valence-corrected chi connectivity index (χ0v) is 16.5. The summed E-state index contributed by atoms with van der Waals surface area (Å²) in [6, 6.07) is 14.3. The van der Waals surface area contributed by atoms with Crippen LogP contribution in [0.4, 0.5) is 5.69 Å². The molecule has 1 N–H and O–H groups in total. The number of aryl methyl sites for hydroxylation is 1. The van der Waals surface area contributed by atoms with Crippen molar-refractivity contribution < 1.29 is 14.3 Å². The second-order valence-corrected chi connectivity index (χ2v) is 6.57. The quantitative estimate of drug-likeness (QED) is 0.466. The van der Waals surface area contributed by atoms with Crippen molar-refractivity contribution in [1.29, 1.82) is 0 Å². The minimum Gasteiger partial charge on any atom is -0.462 e. The lowest BCUT2D eigenvalue weighted by atomic mass is 10.1. The predicted octanol–water partition coefficient (Wildman–Crippen LogP) is 3.24. The van der Waals surface area contributed by atoms with Crippen molar-refractivity contribution >= 4 is 17.6 Å². The number of hydrogen-bond donors (Lipinski definition) is 1. The van der Waals surface area contributed by atoms with E-state index in [0.29, 0.717) is 23.7 Å². The molecule has 8 heteroatoms. The number of hydrogen-bond acceptors (Lipinski definition) is 6. The van der Waals surface area contributed by atoms with Crippen LogP contribution in [-0.4, -0.2) is 38.7 Å². The summed E-state index contributed by atoms with van der Waals surface area (Å²) in [5.74, 6) is -0.189. The van der Waals surface area contributed by atoms with E-state index in [1.165, 1.54) is 4.80 Å². The van der Waals surface area contributed by atoms with E-state index >= 15 is 0 Å². The molecule has 0 fully saturated rings. The number of nitrogens with zero attached hydrogens (tertiary/aromatic N) is 4. The third-order valence-electron chi connectivity index (χ3n) is 4.26. The maximum atomic E-state index is 12.3. The van der Waals surface area contributed by atoms with Gasteiger partial charge in [0.1, 0.15) is 6.54 Å². The summed E-state index contributed by atoms with van der Waals surface area (Å²) in [6.45, 7) is 4.33. The molecule has 0 aliphatic carbocycles. The van der Waals surface area contributed by atoms with Gasteiger partial charge in [0.05, 0.1) is 12.2 Å². The van der Waals surface area contributed by atoms with Gasteiger partial charge in [0.2, 0.25) is 11.7 Å². The van der Waals surface area contributed by atoms with Gasteiger partial charge >= 0.3 is 5.97 Å². The number of benzene rings is 2. The van der Waals surface area contributed by atoms with Crippen molar-refractivity contribution in [3.63, 3.8) is 0 Å². The van der Waals surface area contributed by atoms with Gasteiger partial charge in [0.15, 0.2) is 0 Å². The number of unbranched alkanes of at least 4 members (excludes halogenated alkanes) is 1. The molecule has 0 aliphatic rings. The standard InChI is InChI=1S/C21H23N5O3/c1-3-4-13-29-21(28)16-9-11-17(12-10-16)22-19(27)14-26-24-20(23-25-26)18-8-6-5-7-15(18)2/h5-12H,3-4,13-14H2,1-2H3,(H,22,27). The van der Waals surface area contributed by atoms with E-state index in [2.05, 4.69) is 20.7 Å². The Kier molecular flexibility index (Phi) is 6.67. The van der Waals surface area contributed by atoms with Crippen LogP contribution in [0.5, 0.6) is 0 Å². The fourth-order valence-corrected chi connectivity index (χ4v) is 2.65. The largest absolute Gasteiger partial charge is 0.462 e. The number of aromatic nitrogens is 4. The smallest absolute Gasteiger partial charge is 0.338 e. The SMILES string of the molecule is CCCCOC(=O)c1ccc(NC(=O)Cn2nnc(-c3ccccc3C)n2)cc1. The molecule has 0 radical (unpaired) electrons. The van der Waals surface area contributed by atoms with Crippen molar-refractivity contribution in [2.75, 3.05) is 11.9 Å². The van der Waals surface area contributed by atoms with Gasteiger partial charge in [-0.1, -0.05) is 37.6 Å². The Morgan fingerprint density at radius 2 is 1.86 bits per heavy atom. The first-order chi connectivity index (χ1) is 14.1. The zero-order valence-electron chi connectivity index (χ0n) is 16.5. The van der Waals surface area contributed by atoms with Crippen molar-refractivity contribution in [1.82, 2.24) is 20.2 Å². The molecule has 3 rings (SSSR count). The van der Waals surface area contributed by atoms with Crippen molar-refractivity contribution in [2.24, 2.45) is 0 Å². The third kappa shape index (κ3) is 5.47. The molecule has 1 aromatic heterocycles. The van der Waals surface area contributed by atoms with Crippen LogP contribution in [0.15, 0.2) is 48.5 Å². The lowest BCUT2D eigenvalue weighted by molar-refractivity contribution is -0.117. The van der Waals surface area contributed by atoms with E-state index in [-0.39, 0.29) is 18.4 Å². The summed E-state index contributed by atoms with van der Waals surface area (Å²) in [4.78, 5) is 25.4. The Morgan fingerprint density at radius 1 is 1.10 bits per heavy atom. The highest BCUT2D eigenvalue weighted by Crippen LogP contribution is 2.18. The van der Waals surface area contributed by atoms with Crippen molar-refractivity contribution in [3.05, 3.63) is 59.7 Å². The summed E-state index contributed by atoms with van der Waals surface area (Å²) in [7, 11) is 0. The van der Waals surface area contributed by atoms with E-state index in [0.717, 1.165) is 24.0 Å². The van der Waals surface area contributed by atoms with Gasteiger partial charge in [-0.2, -0.15) is 4.80 Å². The lowest BCUT2D eigenvalue weighted by Crippen LogP contribution is -2.20. The van der Waals surface area contributed by atoms with Gasteiger partial charge in [0.25, 0.3) is 0 Å². The van der Waals surface area contributed by atoms with Crippen LogP contribution in [0.3, 0.4) is 0 Å². The molecule has 29 heavy (non-hydrogen) atoms. The van der Waals surface area contributed by atoms with E-state index in [1.54, 1.807) is 24.3 Å². The first-order valence-corrected chi connectivity index (χ1v) is 9.47. The highest BCUT2D eigenvalue weighted by atomic mass is 16.5.